The van der Waals surface area contributed by atoms with E-state index >= 15 is 0 Å². The molecule has 1 fully saturated rings. The van der Waals surface area contributed by atoms with E-state index in [-0.39, 0.29) is 30.1 Å². The van der Waals surface area contributed by atoms with E-state index in [1.165, 1.54) is 11.3 Å². The number of carbonyl (C=O) groups is 2. The molecule has 2 N–H and O–H groups in total. The van der Waals surface area contributed by atoms with Gasteiger partial charge in [-0.1, -0.05) is 19.9 Å². The summed E-state index contributed by atoms with van der Waals surface area (Å²) < 4.78 is 0. The largest absolute Gasteiger partial charge is 0.338 e. The first-order chi connectivity index (χ1) is 9.50. The van der Waals surface area contributed by atoms with Crippen LogP contribution < -0.4 is 5.73 Å². The molecule has 0 aromatic carbocycles. The van der Waals surface area contributed by atoms with E-state index in [9.17, 15) is 9.59 Å². The second kappa shape index (κ2) is 7.77. The van der Waals surface area contributed by atoms with Crippen LogP contribution in [0.4, 0.5) is 0 Å². The van der Waals surface area contributed by atoms with Gasteiger partial charge in [0.15, 0.2) is 0 Å². The lowest BCUT2D eigenvalue weighted by molar-refractivity contribution is -0.135. The van der Waals surface area contributed by atoms with Gasteiger partial charge in [-0.2, -0.15) is 0 Å². The number of rotatable bonds is 3. The summed E-state index contributed by atoms with van der Waals surface area (Å²) in [4.78, 5) is 28.7. The molecular formula is C14H22ClN3O2S. The quantitative estimate of drug-likeness (QED) is 0.911. The Morgan fingerprint density at radius 1 is 1.19 bits per heavy atom. The summed E-state index contributed by atoms with van der Waals surface area (Å²) >= 11 is 1.45. The second-order valence-electron chi connectivity index (χ2n) is 5.36. The van der Waals surface area contributed by atoms with E-state index in [2.05, 4.69) is 0 Å². The predicted molar refractivity (Wildman–Crippen MR) is 86.9 cm³/mol. The number of piperazine rings is 1. The van der Waals surface area contributed by atoms with Crippen molar-refractivity contribution in [3.05, 3.63) is 22.4 Å². The van der Waals surface area contributed by atoms with Crippen molar-refractivity contribution in [2.45, 2.75) is 19.9 Å². The monoisotopic (exact) mass is 331 g/mol. The summed E-state index contributed by atoms with van der Waals surface area (Å²) in [6.45, 7) is 6.17. The van der Waals surface area contributed by atoms with Crippen molar-refractivity contribution in [2.24, 2.45) is 11.7 Å². The molecule has 0 saturated carbocycles. The first kappa shape index (κ1) is 17.9. The summed E-state index contributed by atoms with van der Waals surface area (Å²) in [7, 11) is 0. The fourth-order valence-electron chi connectivity index (χ4n) is 2.18. The maximum absolute atomic E-state index is 12.2. The molecule has 5 nitrogen and oxygen atoms in total. The predicted octanol–water partition coefficient (Wildman–Crippen LogP) is 1.44. The van der Waals surface area contributed by atoms with Gasteiger partial charge >= 0.3 is 0 Å². The first-order valence-electron chi connectivity index (χ1n) is 6.88. The SMILES string of the molecule is CC(C)[C@H](N)C(=O)N1CCN(C(=O)c2cccs2)CC1.Cl. The van der Waals surface area contributed by atoms with Crippen molar-refractivity contribution < 1.29 is 9.59 Å². The van der Waals surface area contributed by atoms with Crippen LogP contribution in [0.2, 0.25) is 0 Å². The van der Waals surface area contributed by atoms with Crippen molar-refractivity contribution in [2.75, 3.05) is 26.2 Å². The molecular weight excluding hydrogens is 310 g/mol. The van der Waals surface area contributed by atoms with Gasteiger partial charge in [-0.05, 0) is 17.4 Å². The van der Waals surface area contributed by atoms with E-state index in [0.717, 1.165) is 4.88 Å². The van der Waals surface area contributed by atoms with Crippen LogP contribution in [0.15, 0.2) is 17.5 Å². The average Bonchev–Trinajstić information content (AvgIpc) is 2.99. The second-order valence-corrected chi connectivity index (χ2v) is 6.31. The number of thiophene rings is 1. The van der Waals surface area contributed by atoms with Crippen molar-refractivity contribution in [3.63, 3.8) is 0 Å². The zero-order chi connectivity index (χ0) is 14.7. The van der Waals surface area contributed by atoms with E-state index in [4.69, 9.17) is 5.73 Å². The molecule has 1 aromatic rings. The topological polar surface area (TPSA) is 66.6 Å². The van der Waals surface area contributed by atoms with Gasteiger partial charge in [0.1, 0.15) is 0 Å². The molecule has 1 saturated heterocycles. The maximum atomic E-state index is 12.2. The number of amides is 2. The van der Waals surface area contributed by atoms with Gasteiger partial charge < -0.3 is 15.5 Å². The third-order valence-corrected chi connectivity index (χ3v) is 4.47. The molecule has 0 aliphatic carbocycles. The van der Waals surface area contributed by atoms with Gasteiger partial charge in [0.2, 0.25) is 5.91 Å². The lowest BCUT2D eigenvalue weighted by Gasteiger charge is -2.36. The minimum Gasteiger partial charge on any atom is -0.338 e. The normalized spacial score (nSPS) is 16.6. The van der Waals surface area contributed by atoms with Crippen LogP contribution >= 0.6 is 23.7 Å². The van der Waals surface area contributed by atoms with E-state index < -0.39 is 6.04 Å². The molecule has 2 heterocycles. The third-order valence-electron chi connectivity index (χ3n) is 3.61. The van der Waals surface area contributed by atoms with E-state index in [1.54, 1.807) is 9.80 Å². The van der Waals surface area contributed by atoms with E-state index in [1.807, 2.05) is 31.4 Å². The zero-order valence-corrected chi connectivity index (χ0v) is 14.0. The molecule has 1 atom stereocenters. The Balaban J connectivity index is 0.00000220. The highest BCUT2D eigenvalue weighted by atomic mass is 35.5. The number of hydrogen-bond acceptors (Lipinski definition) is 4. The Morgan fingerprint density at radius 3 is 2.24 bits per heavy atom. The highest BCUT2D eigenvalue weighted by molar-refractivity contribution is 7.12. The van der Waals surface area contributed by atoms with Gasteiger partial charge in [0.05, 0.1) is 10.9 Å². The molecule has 2 rings (SSSR count). The van der Waals surface area contributed by atoms with Gasteiger partial charge in [-0.3, -0.25) is 9.59 Å². The van der Waals surface area contributed by atoms with Crippen LogP contribution in [0.25, 0.3) is 0 Å². The maximum Gasteiger partial charge on any atom is 0.264 e. The number of nitrogens with two attached hydrogens (primary N) is 1. The smallest absolute Gasteiger partial charge is 0.264 e. The molecule has 1 aliphatic heterocycles. The molecule has 1 aromatic heterocycles. The highest BCUT2D eigenvalue weighted by Crippen LogP contribution is 2.14. The van der Waals surface area contributed by atoms with Crippen molar-refractivity contribution in [1.29, 1.82) is 0 Å². The Hall–Kier alpha value is -1.11. The van der Waals surface area contributed by atoms with Crippen LogP contribution in [0.1, 0.15) is 23.5 Å². The Bertz CT molecular complexity index is 471. The number of nitrogens with zero attached hydrogens (tertiary/aromatic N) is 2. The van der Waals surface area contributed by atoms with Crippen LogP contribution in [-0.2, 0) is 4.79 Å². The summed E-state index contributed by atoms with van der Waals surface area (Å²) in [5, 5.41) is 1.90. The lowest BCUT2D eigenvalue weighted by atomic mass is 10.0. The minimum absolute atomic E-state index is 0. The molecule has 118 valence electrons. The van der Waals surface area contributed by atoms with Crippen LogP contribution in [0.3, 0.4) is 0 Å². The summed E-state index contributed by atoms with van der Waals surface area (Å²) in [6.07, 6.45) is 0. The van der Waals surface area contributed by atoms with Gasteiger partial charge in [-0.15, -0.1) is 23.7 Å². The number of carbonyl (C=O) groups excluding carboxylic acids is 2. The molecule has 0 bridgehead atoms. The molecule has 2 amide bonds. The van der Waals surface area contributed by atoms with Gasteiger partial charge in [0.25, 0.3) is 5.91 Å². The highest BCUT2D eigenvalue weighted by Gasteiger charge is 2.28. The van der Waals surface area contributed by atoms with Crippen LogP contribution in [0, 0.1) is 5.92 Å². The summed E-state index contributed by atoms with van der Waals surface area (Å²) in [5.41, 5.74) is 5.89. The molecule has 0 unspecified atom stereocenters. The molecule has 7 heteroatoms. The van der Waals surface area contributed by atoms with Gasteiger partial charge in [-0.25, -0.2) is 0 Å². The number of halogens is 1. The zero-order valence-electron chi connectivity index (χ0n) is 12.3. The minimum atomic E-state index is -0.449. The fraction of sp³-hybridized carbons (Fsp3) is 0.571. The first-order valence-corrected chi connectivity index (χ1v) is 7.76. The Kier molecular flexibility index (Phi) is 6.64. The van der Waals surface area contributed by atoms with Crippen LogP contribution in [-0.4, -0.2) is 53.8 Å². The number of hydrogen-bond donors (Lipinski definition) is 1. The summed E-state index contributed by atoms with van der Waals surface area (Å²) in [6, 6.07) is 3.26. The van der Waals surface area contributed by atoms with E-state index in [0.29, 0.717) is 26.2 Å². The Labute approximate surface area is 135 Å². The summed E-state index contributed by atoms with van der Waals surface area (Å²) in [5.74, 6) is 0.178. The molecule has 21 heavy (non-hydrogen) atoms. The fourth-order valence-corrected chi connectivity index (χ4v) is 2.87. The third kappa shape index (κ3) is 4.18. The Morgan fingerprint density at radius 2 is 1.76 bits per heavy atom. The van der Waals surface area contributed by atoms with Crippen molar-refractivity contribution >= 4 is 35.6 Å². The average molecular weight is 332 g/mol. The van der Waals surface area contributed by atoms with Crippen LogP contribution in [0.5, 0.6) is 0 Å². The van der Waals surface area contributed by atoms with Gasteiger partial charge in [0, 0.05) is 26.2 Å². The molecule has 1 aliphatic rings. The van der Waals surface area contributed by atoms with Crippen molar-refractivity contribution in [1.82, 2.24) is 9.80 Å². The molecule has 0 radical (unpaired) electrons. The molecule has 0 spiro atoms. The van der Waals surface area contributed by atoms with Crippen molar-refractivity contribution in [3.8, 4) is 0 Å². The standard InChI is InChI=1S/C14H21N3O2S.ClH/c1-10(2)12(15)14(19)17-7-5-16(6-8-17)13(18)11-4-3-9-20-11;/h3-4,9-10,12H,5-8,15H2,1-2H3;1H/t12-;/m0./s1. The lowest BCUT2D eigenvalue weighted by Crippen LogP contribution is -2.55.